The molecule has 5 heteroatoms. The molecule has 1 unspecified atom stereocenters. The van der Waals surface area contributed by atoms with Crippen LogP contribution in [0.3, 0.4) is 0 Å². The summed E-state index contributed by atoms with van der Waals surface area (Å²) in [5.74, 6) is 0.483. The molecule has 0 aromatic heterocycles. The number of nitrogens with one attached hydrogen (secondary N) is 1. The molecular formula is C26H26N2O3. The predicted octanol–water partition coefficient (Wildman–Crippen LogP) is 4.41. The quantitative estimate of drug-likeness (QED) is 0.650. The second-order valence-electron chi connectivity index (χ2n) is 7.68. The Morgan fingerprint density at radius 2 is 1.58 bits per heavy atom. The Balaban J connectivity index is 1.43. The topological polar surface area (TPSA) is 58.6 Å². The van der Waals surface area contributed by atoms with Crippen LogP contribution < -0.4 is 15.0 Å². The lowest BCUT2D eigenvalue weighted by Gasteiger charge is -2.29. The molecular weight excluding hydrogens is 388 g/mol. The summed E-state index contributed by atoms with van der Waals surface area (Å²) in [6, 6.07) is 25.2. The fourth-order valence-electron chi connectivity index (χ4n) is 3.78. The fourth-order valence-corrected chi connectivity index (χ4v) is 3.78. The highest BCUT2D eigenvalue weighted by atomic mass is 16.5. The van der Waals surface area contributed by atoms with Crippen molar-refractivity contribution in [2.45, 2.75) is 25.8 Å². The first kappa shape index (κ1) is 20.7. The van der Waals surface area contributed by atoms with Crippen molar-refractivity contribution in [2.24, 2.45) is 0 Å². The zero-order chi connectivity index (χ0) is 21.6. The third kappa shape index (κ3) is 4.94. The van der Waals surface area contributed by atoms with E-state index in [0.29, 0.717) is 18.9 Å². The minimum atomic E-state index is -0.256. The number of benzene rings is 3. The normalized spacial score (nSPS) is 13.6. The lowest BCUT2D eigenvalue weighted by atomic mass is 9.97. The van der Waals surface area contributed by atoms with Gasteiger partial charge in [0, 0.05) is 12.8 Å². The van der Waals surface area contributed by atoms with Crippen molar-refractivity contribution < 1.29 is 14.3 Å². The Kier molecular flexibility index (Phi) is 6.32. The van der Waals surface area contributed by atoms with Crippen molar-refractivity contribution in [3.05, 3.63) is 95.6 Å². The van der Waals surface area contributed by atoms with Crippen molar-refractivity contribution in [1.82, 2.24) is 5.32 Å². The third-order valence-electron chi connectivity index (χ3n) is 5.44. The minimum Gasteiger partial charge on any atom is -0.490 e. The first-order valence-corrected chi connectivity index (χ1v) is 10.5. The van der Waals surface area contributed by atoms with Crippen molar-refractivity contribution in [2.75, 3.05) is 18.1 Å². The molecule has 2 amide bonds. The van der Waals surface area contributed by atoms with Crippen molar-refractivity contribution in [1.29, 1.82) is 0 Å². The standard InChI is InChI=1S/C26H26N2O3/c1-19-11-13-21(14-12-19)26(20-7-3-2-4-8-20)27-24(29)15-16-25(30)28-17-18-31-23-10-6-5-9-22(23)28/h2-14,26H,15-18H2,1H3,(H,27,29). The largest absolute Gasteiger partial charge is 0.490 e. The SMILES string of the molecule is Cc1ccc(C(NC(=O)CCC(=O)N2CCOc3ccccc32)c2ccccc2)cc1. The van der Waals surface area contributed by atoms with Crippen LogP contribution in [-0.2, 0) is 9.59 Å². The van der Waals surface area contributed by atoms with Crippen molar-refractivity contribution in [3.63, 3.8) is 0 Å². The van der Waals surface area contributed by atoms with E-state index >= 15 is 0 Å². The van der Waals surface area contributed by atoms with Crippen LogP contribution >= 0.6 is 0 Å². The summed E-state index contributed by atoms with van der Waals surface area (Å²) < 4.78 is 5.62. The van der Waals surface area contributed by atoms with Gasteiger partial charge >= 0.3 is 0 Å². The summed E-state index contributed by atoms with van der Waals surface area (Å²) in [6.45, 7) is 2.99. The number of hydrogen-bond acceptors (Lipinski definition) is 3. The van der Waals surface area contributed by atoms with Crippen LogP contribution in [0.1, 0.15) is 35.6 Å². The van der Waals surface area contributed by atoms with Gasteiger partial charge in [-0.15, -0.1) is 0 Å². The zero-order valence-corrected chi connectivity index (χ0v) is 17.6. The number of fused-ring (bicyclic) bond motifs is 1. The zero-order valence-electron chi connectivity index (χ0n) is 17.6. The summed E-state index contributed by atoms with van der Waals surface area (Å²) in [5.41, 5.74) is 3.95. The van der Waals surface area contributed by atoms with Gasteiger partial charge in [-0.05, 0) is 30.2 Å². The first-order chi connectivity index (χ1) is 15.1. The molecule has 4 rings (SSSR count). The molecule has 0 aliphatic carbocycles. The highest BCUT2D eigenvalue weighted by Gasteiger charge is 2.24. The maximum absolute atomic E-state index is 12.8. The number of aryl methyl sites for hydroxylation is 1. The molecule has 1 aliphatic rings. The lowest BCUT2D eigenvalue weighted by Crippen LogP contribution is -2.38. The van der Waals surface area contributed by atoms with Crippen LogP contribution in [0.2, 0.25) is 0 Å². The third-order valence-corrected chi connectivity index (χ3v) is 5.44. The van der Waals surface area contributed by atoms with E-state index in [9.17, 15) is 9.59 Å². The summed E-state index contributed by atoms with van der Waals surface area (Å²) in [5, 5.41) is 3.11. The van der Waals surface area contributed by atoms with Crippen LogP contribution in [0.25, 0.3) is 0 Å². The molecule has 1 heterocycles. The molecule has 5 nitrogen and oxygen atoms in total. The molecule has 3 aromatic rings. The number of anilines is 1. The minimum absolute atomic E-state index is 0.0718. The fraction of sp³-hybridized carbons (Fsp3) is 0.231. The number of amides is 2. The molecule has 3 aromatic carbocycles. The van der Waals surface area contributed by atoms with E-state index in [1.165, 1.54) is 5.56 Å². The molecule has 0 saturated heterocycles. The molecule has 1 N–H and O–H groups in total. The Labute approximate surface area is 182 Å². The second-order valence-corrected chi connectivity index (χ2v) is 7.68. The van der Waals surface area contributed by atoms with Crippen LogP contribution in [0.15, 0.2) is 78.9 Å². The maximum Gasteiger partial charge on any atom is 0.227 e. The van der Waals surface area contributed by atoms with E-state index in [2.05, 4.69) is 5.32 Å². The van der Waals surface area contributed by atoms with Gasteiger partial charge in [0.2, 0.25) is 11.8 Å². The first-order valence-electron chi connectivity index (χ1n) is 10.5. The number of rotatable bonds is 6. The number of nitrogens with zero attached hydrogens (tertiary/aromatic N) is 1. The van der Waals surface area contributed by atoms with Gasteiger partial charge in [-0.3, -0.25) is 9.59 Å². The number of carbonyl (C=O) groups is 2. The number of hydrogen-bond donors (Lipinski definition) is 1. The van der Waals surface area contributed by atoms with Gasteiger partial charge in [0.25, 0.3) is 0 Å². The highest BCUT2D eigenvalue weighted by molar-refractivity contribution is 5.97. The van der Waals surface area contributed by atoms with E-state index in [1.54, 1.807) is 4.90 Å². The molecule has 1 aliphatic heterocycles. The second kappa shape index (κ2) is 9.47. The molecule has 31 heavy (non-hydrogen) atoms. The molecule has 0 radical (unpaired) electrons. The van der Waals surface area contributed by atoms with Crippen LogP contribution in [0.4, 0.5) is 5.69 Å². The lowest BCUT2D eigenvalue weighted by molar-refractivity contribution is -0.125. The predicted molar refractivity (Wildman–Crippen MR) is 121 cm³/mol. The number of carbonyl (C=O) groups excluding carboxylic acids is 2. The summed E-state index contributed by atoms with van der Waals surface area (Å²) in [6.07, 6.45) is 0.281. The smallest absolute Gasteiger partial charge is 0.227 e. The Hall–Kier alpha value is -3.60. The van der Waals surface area contributed by atoms with Crippen molar-refractivity contribution in [3.8, 4) is 5.75 Å². The van der Waals surface area contributed by atoms with Gasteiger partial charge in [0.15, 0.2) is 0 Å². The summed E-state index contributed by atoms with van der Waals surface area (Å²) in [7, 11) is 0. The molecule has 1 atom stereocenters. The van der Waals surface area contributed by atoms with Gasteiger partial charge in [-0.1, -0.05) is 72.3 Å². The Morgan fingerprint density at radius 1 is 0.903 bits per heavy atom. The van der Waals surface area contributed by atoms with E-state index in [0.717, 1.165) is 16.8 Å². The van der Waals surface area contributed by atoms with E-state index in [4.69, 9.17) is 4.74 Å². The van der Waals surface area contributed by atoms with E-state index in [1.807, 2.05) is 85.8 Å². The average molecular weight is 415 g/mol. The van der Waals surface area contributed by atoms with Gasteiger partial charge in [-0.25, -0.2) is 0 Å². The maximum atomic E-state index is 12.8. The molecule has 0 saturated carbocycles. The number of ether oxygens (including phenoxy) is 1. The Morgan fingerprint density at radius 3 is 2.35 bits per heavy atom. The summed E-state index contributed by atoms with van der Waals surface area (Å²) in [4.78, 5) is 27.3. The molecule has 0 bridgehead atoms. The summed E-state index contributed by atoms with van der Waals surface area (Å²) >= 11 is 0. The van der Waals surface area contributed by atoms with Gasteiger partial charge in [0.05, 0.1) is 18.3 Å². The number of para-hydroxylation sites is 2. The Bertz CT molecular complexity index is 1050. The highest BCUT2D eigenvalue weighted by Crippen LogP contribution is 2.31. The van der Waals surface area contributed by atoms with Gasteiger partial charge in [0.1, 0.15) is 12.4 Å². The van der Waals surface area contributed by atoms with Gasteiger partial charge in [-0.2, -0.15) is 0 Å². The molecule has 158 valence electrons. The van der Waals surface area contributed by atoms with Gasteiger partial charge < -0.3 is 15.0 Å². The van der Waals surface area contributed by atoms with Crippen LogP contribution in [-0.4, -0.2) is 25.0 Å². The van der Waals surface area contributed by atoms with E-state index in [-0.39, 0.29) is 30.7 Å². The van der Waals surface area contributed by atoms with E-state index < -0.39 is 0 Å². The molecule has 0 spiro atoms. The monoisotopic (exact) mass is 414 g/mol. The van der Waals surface area contributed by atoms with Crippen molar-refractivity contribution >= 4 is 17.5 Å². The average Bonchev–Trinajstić information content (AvgIpc) is 2.82. The van der Waals surface area contributed by atoms with Crippen LogP contribution in [0.5, 0.6) is 5.75 Å². The van der Waals surface area contributed by atoms with Crippen LogP contribution in [0, 0.1) is 6.92 Å². The molecule has 0 fully saturated rings.